The summed E-state index contributed by atoms with van der Waals surface area (Å²) in [6.07, 6.45) is 1.45. The maximum absolute atomic E-state index is 12.0. The van der Waals surface area contributed by atoms with E-state index < -0.39 is 5.41 Å². The number of hydrogen-bond acceptors (Lipinski definition) is 5. The van der Waals surface area contributed by atoms with Crippen LogP contribution in [0.1, 0.15) is 26.7 Å². The van der Waals surface area contributed by atoms with Gasteiger partial charge in [0.15, 0.2) is 0 Å². The average Bonchev–Trinajstić information content (AvgIpc) is 2.74. The van der Waals surface area contributed by atoms with Gasteiger partial charge in [0.25, 0.3) is 0 Å². The van der Waals surface area contributed by atoms with Crippen LogP contribution in [-0.4, -0.2) is 22.6 Å². The summed E-state index contributed by atoms with van der Waals surface area (Å²) in [7, 11) is 0. The Morgan fingerprint density at radius 2 is 2.27 bits per heavy atom. The second-order valence-corrected chi connectivity index (χ2v) is 4.22. The van der Waals surface area contributed by atoms with E-state index in [1.165, 1.54) is 11.3 Å². The number of nitrogens with two attached hydrogens (primary N) is 1. The molecular formula is C9H16N4OS. The standard InChI is InChI=1S/C9H16N4OS/c1-3-9(4-2,5-10)7(14)12-8-13-11-6-15-8/h6H,3-5,10H2,1-2H3,(H,12,13,14). The van der Waals surface area contributed by atoms with Gasteiger partial charge in [-0.2, -0.15) is 0 Å². The Hall–Kier alpha value is -1.01. The van der Waals surface area contributed by atoms with Crippen LogP contribution in [0.15, 0.2) is 5.51 Å². The molecular weight excluding hydrogens is 212 g/mol. The van der Waals surface area contributed by atoms with Crippen LogP contribution in [0.4, 0.5) is 5.13 Å². The fraction of sp³-hybridized carbons (Fsp3) is 0.667. The molecule has 1 heterocycles. The van der Waals surface area contributed by atoms with Gasteiger partial charge >= 0.3 is 0 Å². The van der Waals surface area contributed by atoms with Crippen molar-refractivity contribution in [2.45, 2.75) is 26.7 Å². The van der Waals surface area contributed by atoms with Crippen molar-refractivity contribution in [3.8, 4) is 0 Å². The van der Waals surface area contributed by atoms with Crippen molar-refractivity contribution in [3.63, 3.8) is 0 Å². The van der Waals surface area contributed by atoms with Crippen LogP contribution < -0.4 is 11.1 Å². The first kappa shape index (κ1) is 12.1. The first-order valence-corrected chi connectivity index (χ1v) is 5.84. The van der Waals surface area contributed by atoms with Gasteiger partial charge in [0.2, 0.25) is 11.0 Å². The minimum absolute atomic E-state index is 0.0632. The predicted octanol–water partition coefficient (Wildman–Crippen LogP) is 1.24. The summed E-state index contributed by atoms with van der Waals surface area (Å²) in [6, 6.07) is 0. The SMILES string of the molecule is CCC(CC)(CN)C(=O)Nc1nncs1. The van der Waals surface area contributed by atoms with E-state index in [2.05, 4.69) is 15.5 Å². The Bertz CT molecular complexity index is 300. The number of aromatic nitrogens is 2. The van der Waals surface area contributed by atoms with E-state index in [1.54, 1.807) is 5.51 Å². The van der Waals surface area contributed by atoms with Gasteiger partial charge in [0, 0.05) is 6.54 Å². The summed E-state index contributed by atoms with van der Waals surface area (Å²) >= 11 is 1.30. The Balaban J connectivity index is 2.73. The minimum Gasteiger partial charge on any atom is -0.329 e. The molecule has 0 saturated carbocycles. The summed E-state index contributed by atoms with van der Waals surface area (Å²) in [5, 5.41) is 10.7. The van der Waals surface area contributed by atoms with Gasteiger partial charge in [0.05, 0.1) is 5.41 Å². The molecule has 0 bridgehead atoms. The minimum atomic E-state index is -0.480. The normalized spacial score (nSPS) is 11.4. The van der Waals surface area contributed by atoms with E-state index in [4.69, 9.17) is 5.73 Å². The van der Waals surface area contributed by atoms with Crippen molar-refractivity contribution in [1.29, 1.82) is 0 Å². The number of nitrogens with one attached hydrogen (secondary N) is 1. The topological polar surface area (TPSA) is 80.9 Å². The second kappa shape index (κ2) is 5.18. The molecule has 84 valence electrons. The lowest BCUT2D eigenvalue weighted by molar-refractivity contribution is -0.125. The van der Waals surface area contributed by atoms with Gasteiger partial charge in [-0.3, -0.25) is 4.79 Å². The molecule has 6 heteroatoms. The average molecular weight is 228 g/mol. The molecule has 1 aromatic rings. The molecule has 0 spiro atoms. The molecule has 0 aliphatic heterocycles. The molecule has 0 aliphatic carbocycles. The van der Waals surface area contributed by atoms with Gasteiger partial charge in [-0.1, -0.05) is 25.2 Å². The molecule has 3 N–H and O–H groups in total. The molecule has 1 aromatic heterocycles. The van der Waals surface area contributed by atoms with Crippen LogP contribution >= 0.6 is 11.3 Å². The fourth-order valence-electron chi connectivity index (χ4n) is 1.41. The van der Waals surface area contributed by atoms with Crippen molar-refractivity contribution >= 4 is 22.4 Å². The monoisotopic (exact) mass is 228 g/mol. The van der Waals surface area contributed by atoms with Crippen LogP contribution in [0.25, 0.3) is 0 Å². The summed E-state index contributed by atoms with van der Waals surface area (Å²) in [5.41, 5.74) is 6.77. The molecule has 0 saturated heterocycles. The van der Waals surface area contributed by atoms with Crippen molar-refractivity contribution in [3.05, 3.63) is 5.51 Å². The third kappa shape index (κ3) is 2.51. The van der Waals surface area contributed by atoms with Gasteiger partial charge in [0.1, 0.15) is 5.51 Å². The van der Waals surface area contributed by atoms with E-state index in [9.17, 15) is 4.79 Å². The van der Waals surface area contributed by atoms with Crippen LogP contribution in [0, 0.1) is 5.41 Å². The number of amides is 1. The Morgan fingerprint density at radius 1 is 1.60 bits per heavy atom. The zero-order valence-corrected chi connectivity index (χ0v) is 9.80. The highest BCUT2D eigenvalue weighted by Gasteiger charge is 2.33. The summed E-state index contributed by atoms with van der Waals surface area (Å²) in [4.78, 5) is 12.0. The van der Waals surface area contributed by atoms with Crippen molar-refractivity contribution in [2.75, 3.05) is 11.9 Å². The zero-order valence-electron chi connectivity index (χ0n) is 8.99. The lowest BCUT2D eigenvalue weighted by Gasteiger charge is -2.27. The van der Waals surface area contributed by atoms with Gasteiger partial charge in [-0.25, -0.2) is 0 Å². The number of nitrogens with zero attached hydrogens (tertiary/aromatic N) is 2. The highest BCUT2D eigenvalue weighted by Crippen LogP contribution is 2.27. The van der Waals surface area contributed by atoms with Gasteiger partial charge in [-0.15, -0.1) is 10.2 Å². The highest BCUT2D eigenvalue weighted by molar-refractivity contribution is 7.13. The Morgan fingerprint density at radius 3 is 2.67 bits per heavy atom. The molecule has 1 rings (SSSR count). The van der Waals surface area contributed by atoms with Crippen LogP contribution in [0.2, 0.25) is 0 Å². The van der Waals surface area contributed by atoms with Crippen molar-refractivity contribution in [1.82, 2.24) is 10.2 Å². The second-order valence-electron chi connectivity index (χ2n) is 3.39. The summed E-state index contributed by atoms with van der Waals surface area (Å²) in [5.74, 6) is -0.0632. The largest absolute Gasteiger partial charge is 0.329 e. The molecule has 0 aliphatic rings. The van der Waals surface area contributed by atoms with Gasteiger partial charge in [-0.05, 0) is 12.8 Å². The smallest absolute Gasteiger partial charge is 0.233 e. The van der Waals surface area contributed by atoms with E-state index >= 15 is 0 Å². The third-order valence-electron chi connectivity index (χ3n) is 2.81. The van der Waals surface area contributed by atoms with E-state index in [0.717, 1.165) is 12.8 Å². The number of carbonyl (C=O) groups is 1. The molecule has 0 aromatic carbocycles. The van der Waals surface area contributed by atoms with Crippen LogP contribution in [0.3, 0.4) is 0 Å². The third-order valence-corrected chi connectivity index (χ3v) is 3.41. The Kier molecular flexibility index (Phi) is 4.16. The van der Waals surface area contributed by atoms with Gasteiger partial charge < -0.3 is 11.1 Å². The molecule has 1 amide bonds. The van der Waals surface area contributed by atoms with Crippen LogP contribution in [-0.2, 0) is 4.79 Å². The number of carbonyl (C=O) groups excluding carboxylic acids is 1. The summed E-state index contributed by atoms with van der Waals surface area (Å²) in [6.45, 7) is 4.29. The molecule has 0 fully saturated rings. The lowest BCUT2D eigenvalue weighted by atomic mass is 9.81. The Labute approximate surface area is 93.1 Å². The van der Waals surface area contributed by atoms with Crippen LogP contribution in [0.5, 0.6) is 0 Å². The number of rotatable bonds is 5. The first-order valence-electron chi connectivity index (χ1n) is 4.96. The molecule has 0 atom stereocenters. The highest BCUT2D eigenvalue weighted by atomic mass is 32.1. The quantitative estimate of drug-likeness (QED) is 0.794. The number of anilines is 1. The lowest BCUT2D eigenvalue weighted by Crippen LogP contribution is -2.41. The maximum Gasteiger partial charge on any atom is 0.233 e. The predicted molar refractivity (Wildman–Crippen MR) is 60.6 cm³/mol. The molecule has 5 nitrogen and oxygen atoms in total. The van der Waals surface area contributed by atoms with E-state index in [-0.39, 0.29) is 5.91 Å². The van der Waals surface area contributed by atoms with Crippen molar-refractivity contribution in [2.24, 2.45) is 11.1 Å². The molecule has 0 radical (unpaired) electrons. The fourth-order valence-corrected chi connectivity index (χ4v) is 1.85. The molecule has 0 unspecified atom stereocenters. The number of hydrogen-bond donors (Lipinski definition) is 2. The van der Waals surface area contributed by atoms with E-state index in [0.29, 0.717) is 11.7 Å². The maximum atomic E-state index is 12.0. The zero-order chi connectivity index (χ0) is 11.3. The van der Waals surface area contributed by atoms with Crippen molar-refractivity contribution < 1.29 is 4.79 Å². The van der Waals surface area contributed by atoms with E-state index in [1.807, 2.05) is 13.8 Å². The first-order chi connectivity index (χ1) is 7.18. The molecule has 15 heavy (non-hydrogen) atoms. The summed E-state index contributed by atoms with van der Waals surface area (Å²) < 4.78 is 0.